The molecule has 2 aromatic carbocycles. The molecule has 0 bridgehead atoms. The van der Waals surface area contributed by atoms with Crippen molar-refractivity contribution in [1.29, 1.82) is 0 Å². The lowest BCUT2D eigenvalue weighted by molar-refractivity contribution is -0.143. The standard InChI is InChI=1S/C16H15F2NO2/c17-12-7-5-11(6-8-12)9-16(10-19,15(20)21)13-3-1-2-4-14(13)18/h1-8H,9-10,19H2,(H,20,21). The van der Waals surface area contributed by atoms with Crippen molar-refractivity contribution in [3.05, 3.63) is 71.3 Å². The Morgan fingerprint density at radius 2 is 1.71 bits per heavy atom. The molecular formula is C16H15F2NO2. The van der Waals surface area contributed by atoms with Gasteiger partial charge in [-0.15, -0.1) is 0 Å². The average Bonchev–Trinajstić information content (AvgIpc) is 2.47. The number of hydrogen-bond acceptors (Lipinski definition) is 2. The van der Waals surface area contributed by atoms with Gasteiger partial charge in [0.05, 0.1) is 0 Å². The Kier molecular flexibility index (Phi) is 4.33. The van der Waals surface area contributed by atoms with Gasteiger partial charge in [-0.25, -0.2) is 8.78 Å². The van der Waals surface area contributed by atoms with E-state index in [1.807, 2.05) is 0 Å². The van der Waals surface area contributed by atoms with Gasteiger partial charge < -0.3 is 10.8 Å². The van der Waals surface area contributed by atoms with Crippen molar-refractivity contribution in [2.24, 2.45) is 5.73 Å². The minimum Gasteiger partial charge on any atom is -0.481 e. The van der Waals surface area contributed by atoms with Crippen molar-refractivity contribution in [3.63, 3.8) is 0 Å². The fourth-order valence-corrected chi connectivity index (χ4v) is 2.36. The number of nitrogens with two attached hydrogens (primary N) is 1. The van der Waals surface area contributed by atoms with Crippen LogP contribution in [0, 0.1) is 11.6 Å². The summed E-state index contributed by atoms with van der Waals surface area (Å²) in [5.74, 6) is -2.25. The maximum Gasteiger partial charge on any atom is 0.315 e. The van der Waals surface area contributed by atoms with Gasteiger partial charge in [0.15, 0.2) is 0 Å². The van der Waals surface area contributed by atoms with Crippen LogP contribution >= 0.6 is 0 Å². The van der Waals surface area contributed by atoms with E-state index in [1.165, 1.54) is 42.5 Å². The number of benzene rings is 2. The minimum absolute atomic E-state index is 0.0138. The predicted octanol–water partition coefficient (Wildman–Crippen LogP) is 2.49. The molecule has 0 aliphatic rings. The van der Waals surface area contributed by atoms with Crippen LogP contribution in [0.1, 0.15) is 11.1 Å². The molecule has 21 heavy (non-hydrogen) atoms. The molecule has 0 spiro atoms. The molecule has 0 heterocycles. The quantitative estimate of drug-likeness (QED) is 0.889. The van der Waals surface area contributed by atoms with E-state index in [-0.39, 0.29) is 18.5 Å². The third-order valence-corrected chi connectivity index (χ3v) is 3.57. The van der Waals surface area contributed by atoms with Crippen molar-refractivity contribution in [3.8, 4) is 0 Å². The molecular weight excluding hydrogens is 276 g/mol. The Labute approximate surface area is 121 Å². The molecule has 0 aliphatic heterocycles. The zero-order chi connectivity index (χ0) is 15.5. The number of carboxylic acids is 1. The van der Waals surface area contributed by atoms with Gasteiger partial charge in [0.25, 0.3) is 0 Å². The van der Waals surface area contributed by atoms with Crippen LogP contribution in [0.2, 0.25) is 0 Å². The van der Waals surface area contributed by atoms with Crippen LogP contribution < -0.4 is 5.73 Å². The normalized spacial score (nSPS) is 13.7. The number of carbonyl (C=O) groups is 1. The number of aliphatic carboxylic acids is 1. The third kappa shape index (κ3) is 2.92. The van der Waals surface area contributed by atoms with E-state index in [0.717, 1.165) is 0 Å². The van der Waals surface area contributed by atoms with Gasteiger partial charge in [0, 0.05) is 12.1 Å². The molecule has 0 amide bonds. The van der Waals surface area contributed by atoms with Crippen molar-refractivity contribution in [2.75, 3.05) is 6.54 Å². The van der Waals surface area contributed by atoms with Crippen LogP contribution in [0.3, 0.4) is 0 Å². The minimum atomic E-state index is -1.58. The van der Waals surface area contributed by atoms with Crippen molar-refractivity contribution >= 4 is 5.97 Å². The lowest BCUT2D eigenvalue weighted by Gasteiger charge is -2.29. The highest BCUT2D eigenvalue weighted by atomic mass is 19.1. The van der Waals surface area contributed by atoms with E-state index in [2.05, 4.69) is 0 Å². The maximum absolute atomic E-state index is 14.0. The van der Waals surface area contributed by atoms with Crippen LogP contribution in [0.25, 0.3) is 0 Å². The van der Waals surface area contributed by atoms with Gasteiger partial charge in [-0.05, 0) is 30.2 Å². The van der Waals surface area contributed by atoms with Crippen LogP contribution in [-0.2, 0) is 16.6 Å². The SMILES string of the molecule is NCC(Cc1ccc(F)cc1)(C(=O)O)c1ccccc1F. The summed E-state index contributed by atoms with van der Waals surface area (Å²) >= 11 is 0. The van der Waals surface area contributed by atoms with Gasteiger partial charge in [-0.3, -0.25) is 4.79 Å². The van der Waals surface area contributed by atoms with E-state index in [1.54, 1.807) is 6.07 Å². The van der Waals surface area contributed by atoms with Crippen LogP contribution in [0.4, 0.5) is 8.78 Å². The van der Waals surface area contributed by atoms with Crippen molar-refractivity contribution < 1.29 is 18.7 Å². The molecule has 3 N–H and O–H groups in total. The van der Waals surface area contributed by atoms with E-state index in [9.17, 15) is 18.7 Å². The molecule has 0 saturated carbocycles. The van der Waals surface area contributed by atoms with Crippen LogP contribution in [0.5, 0.6) is 0 Å². The molecule has 1 atom stereocenters. The number of carboxylic acid groups (broad SMARTS) is 1. The molecule has 0 radical (unpaired) electrons. The van der Waals surface area contributed by atoms with E-state index in [0.29, 0.717) is 5.56 Å². The topological polar surface area (TPSA) is 63.3 Å². The van der Waals surface area contributed by atoms with Crippen molar-refractivity contribution in [1.82, 2.24) is 0 Å². The van der Waals surface area contributed by atoms with Crippen LogP contribution in [-0.4, -0.2) is 17.6 Å². The van der Waals surface area contributed by atoms with Crippen molar-refractivity contribution in [2.45, 2.75) is 11.8 Å². The van der Waals surface area contributed by atoms with Gasteiger partial charge >= 0.3 is 5.97 Å². The van der Waals surface area contributed by atoms with E-state index in [4.69, 9.17) is 5.73 Å². The maximum atomic E-state index is 14.0. The largest absolute Gasteiger partial charge is 0.481 e. The molecule has 0 aliphatic carbocycles. The zero-order valence-corrected chi connectivity index (χ0v) is 11.2. The summed E-state index contributed by atoms with van der Waals surface area (Å²) in [6.45, 7) is -0.263. The fourth-order valence-electron chi connectivity index (χ4n) is 2.36. The summed E-state index contributed by atoms with van der Waals surface area (Å²) in [7, 11) is 0. The highest BCUT2D eigenvalue weighted by molar-refractivity contribution is 5.82. The summed E-state index contributed by atoms with van der Waals surface area (Å²) in [5.41, 5.74) is 4.69. The highest BCUT2D eigenvalue weighted by Crippen LogP contribution is 2.30. The second-order valence-corrected chi connectivity index (χ2v) is 4.87. The first kappa shape index (κ1) is 15.1. The Hall–Kier alpha value is -2.27. The second kappa shape index (κ2) is 6.01. The summed E-state index contributed by atoms with van der Waals surface area (Å²) in [4.78, 5) is 11.8. The number of rotatable bonds is 5. The smallest absolute Gasteiger partial charge is 0.315 e. The molecule has 2 aromatic rings. The Morgan fingerprint density at radius 1 is 1.10 bits per heavy atom. The second-order valence-electron chi connectivity index (χ2n) is 4.87. The van der Waals surface area contributed by atoms with Gasteiger partial charge in [0.1, 0.15) is 17.0 Å². The molecule has 0 saturated heterocycles. The molecule has 0 fully saturated rings. The monoisotopic (exact) mass is 291 g/mol. The molecule has 110 valence electrons. The van der Waals surface area contributed by atoms with E-state index < -0.39 is 23.0 Å². The number of halogens is 2. The molecule has 0 aromatic heterocycles. The number of hydrogen-bond donors (Lipinski definition) is 2. The summed E-state index contributed by atoms with van der Waals surface area (Å²) in [6, 6.07) is 11.1. The molecule has 2 rings (SSSR count). The summed E-state index contributed by atoms with van der Waals surface area (Å²) in [5, 5.41) is 9.60. The Morgan fingerprint density at radius 3 is 2.24 bits per heavy atom. The first-order valence-corrected chi connectivity index (χ1v) is 6.42. The highest BCUT2D eigenvalue weighted by Gasteiger charge is 2.41. The predicted molar refractivity (Wildman–Crippen MR) is 74.9 cm³/mol. The Bertz CT molecular complexity index is 643. The zero-order valence-electron chi connectivity index (χ0n) is 11.2. The lowest BCUT2D eigenvalue weighted by atomic mass is 9.75. The van der Waals surface area contributed by atoms with Crippen LogP contribution in [0.15, 0.2) is 48.5 Å². The van der Waals surface area contributed by atoms with Gasteiger partial charge in [-0.2, -0.15) is 0 Å². The summed E-state index contributed by atoms with van der Waals surface area (Å²) in [6.07, 6.45) is -0.0138. The van der Waals surface area contributed by atoms with Gasteiger partial charge in [-0.1, -0.05) is 30.3 Å². The molecule has 3 nitrogen and oxygen atoms in total. The van der Waals surface area contributed by atoms with E-state index >= 15 is 0 Å². The third-order valence-electron chi connectivity index (χ3n) is 3.57. The lowest BCUT2D eigenvalue weighted by Crippen LogP contribution is -2.45. The fraction of sp³-hybridized carbons (Fsp3) is 0.188. The first-order chi connectivity index (χ1) is 9.99. The summed E-state index contributed by atoms with van der Waals surface area (Å²) < 4.78 is 27.0. The average molecular weight is 291 g/mol. The molecule has 5 heteroatoms. The van der Waals surface area contributed by atoms with Gasteiger partial charge in [0.2, 0.25) is 0 Å². The Balaban J connectivity index is 2.50. The first-order valence-electron chi connectivity index (χ1n) is 6.42. The molecule has 1 unspecified atom stereocenters.